The number of aliphatic imine (C=N–C) groups is 1. The predicted molar refractivity (Wildman–Crippen MR) is 97.9 cm³/mol. The molecule has 1 unspecified atom stereocenters. The molecular formula is C19H15BrN2O3. The third kappa shape index (κ3) is 4.42. The number of aliphatic carboxylic acids is 1. The van der Waals surface area contributed by atoms with E-state index >= 15 is 0 Å². The Balaban J connectivity index is 2.01. The third-order valence-corrected chi connectivity index (χ3v) is 3.92. The second kappa shape index (κ2) is 7.90. The van der Waals surface area contributed by atoms with Gasteiger partial charge in [-0.2, -0.15) is 0 Å². The van der Waals surface area contributed by atoms with Crippen molar-refractivity contribution in [3.05, 3.63) is 88.5 Å². The highest BCUT2D eigenvalue weighted by molar-refractivity contribution is 9.10. The molecule has 126 valence electrons. The normalized spacial score (nSPS) is 11.7. The number of hydrogen-bond acceptors (Lipinski definition) is 4. The molecule has 6 heteroatoms. The van der Waals surface area contributed by atoms with E-state index in [1.54, 1.807) is 0 Å². The summed E-state index contributed by atoms with van der Waals surface area (Å²) < 4.78 is 5.79. The minimum atomic E-state index is -1.03. The van der Waals surface area contributed by atoms with Gasteiger partial charge in [-0.05, 0) is 15.9 Å². The van der Waals surface area contributed by atoms with Crippen LogP contribution in [-0.2, 0) is 11.2 Å². The molecule has 1 aromatic heterocycles. The van der Waals surface area contributed by atoms with Gasteiger partial charge in [-0.1, -0.05) is 60.7 Å². The number of nitrogens with zero attached hydrogens (tertiary/aromatic N) is 2. The fourth-order valence-corrected chi connectivity index (χ4v) is 2.69. The molecule has 0 saturated carbocycles. The van der Waals surface area contributed by atoms with Crippen molar-refractivity contribution >= 4 is 27.6 Å². The summed E-state index contributed by atoms with van der Waals surface area (Å²) in [6, 6.07) is 18.0. The Labute approximate surface area is 153 Å². The quantitative estimate of drug-likeness (QED) is 0.637. The zero-order chi connectivity index (χ0) is 17.6. The number of carbonyl (C=O) groups is 1. The molecule has 0 radical (unpaired) electrons. The lowest BCUT2D eigenvalue weighted by atomic mass is 10.0. The first-order chi connectivity index (χ1) is 12.1. The number of hydrogen-bond donors (Lipinski definition) is 1. The van der Waals surface area contributed by atoms with Gasteiger partial charge in [0.1, 0.15) is 0 Å². The first kappa shape index (κ1) is 17.1. The number of carboxylic acid groups (broad SMARTS) is 1. The highest BCUT2D eigenvalue weighted by Gasteiger charge is 2.21. The topological polar surface area (TPSA) is 75.7 Å². The summed E-state index contributed by atoms with van der Waals surface area (Å²) in [5, 5.41) is 9.60. The van der Waals surface area contributed by atoms with Crippen LogP contribution >= 0.6 is 15.9 Å². The fourth-order valence-electron chi connectivity index (χ4n) is 2.40. The summed E-state index contributed by atoms with van der Waals surface area (Å²) in [4.78, 5) is 20.3. The molecule has 0 bridgehead atoms. The third-order valence-electron chi connectivity index (χ3n) is 3.56. The van der Waals surface area contributed by atoms with Crippen LogP contribution in [0.5, 0.6) is 0 Å². The van der Waals surface area contributed by atoms with Gasteiger partial charge in [0.05, 0.1) is 18.3 Å². The second-order valence-electron chi connectivity index (χ2n) is 5.33. The molecule has 0 aliphatic carbocycles. The van der Waals surface area contributed by atoms with Crippen molar-refractivity contribution in [3.63, 3.8) is 0 Å². The first-order valence-corrected chi connectivity index (χ1v) is 8.44. The lowest BCUT2D eigenvalue weighted by molar-refractivity contribution is -0.138. The lowest BCUT2D eigenvalue weighted by Gasteiger charge is -2.11. The van der Waals surface area contributed by atoms with Crippen LogP contribution in [0.3, 0.4) is 0 Å². The summed E-state index contributed by atoms with van der Waals surface area (Å²) in [6.45, 7) is 0. The maximum atomic E-state index is 11.7. The van der Waals surface area contributed by atoms with Gasteiger partial charge in [0, 0.05) is 11.1 Å². The van der Waals surface area contributed by atoms with E-state index in [-0.39, 0.29) is 6.42 Å². The van der Waals surface area contributed by atoms with Crippen molar-refractivity contribution in [3.8, 4) is 0 Å². The Hall–Kier alpha value is -2.73. The molecule has 1 N–H and O–H groups in total. The molecule has 0 fully saturated rings. The van der Waals surface area contributed by atoms with Crippen LogP contribution in [0.15, 0.2) is 80.9 Å². The summed E-state index contributed by atoms with van der Waals surface area (Å²) in [5.74, 6) is -0.706. The molecule has 2 aromatic carbocycles. The smallest absolute Gasteiger partial charge is 0.328 e. The Kier molecular flexibility index (Phi) is 5.40. The molecule has 1 atom stereocenters. The van der Waals surface area contributed by atoms with Crippen LogP contribution in [0.4, 0.5) is 0 Å². The Bertz CT molecular complexity index is 834. The molecule has 3 rings (SSSR count). The van der Waals surface area contributed by atoms with Crippen molar-refractivity contribution in [1.29, 1.82) is 0 Å². The molecule has 0 spiro atoms. The number of benzene rings is 2. The number of oxazole rings is 1. The van der Waals surface area contributed by atoms with Crippen LogP contribution in [0.1, 0.15) is 17.0 Å². The number of rotatable bonds is 6. The van der Waals surface area contributed by atoms with Gasteiger partial charge in [-0.3, -0.25) is 4.99 Å². The monoisotopic (exact) mass is 398 g/mol. The molecule has 0 aliphatic rings. The average Bonchev–Trinajstić information content (AvgIpc) is 3.05. The van der Waals surface area contributed by atoms with Crippen molar-refractivity contribution in [2.24, 2.45) is 4.99 Å². The first-order valence-electron chi connectivity index (χ1n) is 7.65. The van der Waals surface area contributed by atoms with E-state index in [4.69, 9.17) is 4.42 Å². The Morgan fingerprint density at radius 2 is 1.64 bits per heavy atom. The zero-order valence-corrected chi connectivity index (χ0v) is 14.8. The SMILES string of the molecule is O=C(O)C(Cc1ncc(Br)o1)N=C(c1ccccc1)c1ccccc1. The molecule has 1 heterocycles. The molecule has 0 amide bonds. The van der Waals surface area contributed by atoms with E-state index in [2.05, 4.69) is 25.9 Å². The molecular weight excluding hydrogens is 384 g/mol. The maximum absolute atomic E-state index is 11.7. The van der Waals surface area contributed by atoms with Crippen LogP contribution in [0.2, 0.25) is 0 Å². The summed E-state index contributed by atoms with van der Waals surface area (Å²) in [7, 11) is 0. The predicted octanol–water partition coefficient (Wildman–Crippen LogP) is 3.97. The number of halogens is 1. The fraction of sp³-hybridized carbons (Fsp3) is 0.105. The molecule has 5 nitrogen and oxygen atoms in total. The van der Waals surface area contributed by atoms with Gasteiger partial charge in [-0.15, -0.1) is 0 Å². The van der Waals surface area contributed by atoms with E-state index in [9.17, 15) is 9.90 Å². The van der Waals surface area contributed by atoms with Gasteiger partial charge in [0.25, 0.3) is 0 Å². The molecule has 0 aliphatic heterocycles. The van der Waals surface area contributed by atoms with Crippen molar-refractivity contribution in [2.75, 3.05) is 0 Å². The van der Waals surface area contributed by atoms with Gasteiger partial charge in [0.2, 0.25) is 0 Å². The second-order valence-corrected chi connectivity index (χ2v) is 6.11. The average molecular weight is 399 g/mol. The summed E-state index contributed by atoms with van der Waals surface area (Å²) >= 11 is 3.17. The van der Waals surface area contributed by atoms with E-state index < -0.39 is 12.0 Å². The maximum Gasteiger partial charge on any atom is 0.328 e. The summed E-state index contributed by atoms with van der Waals surface area (Å²) in [6.07, 6.45) is 1.57. The highest BCUT2D eigenvalue weighted by atomic mass is 79.9. The van der Waals surface area contributed by atoms with Crippen LogP contribution < -0.4 is 0 Å². The lowest BCUT2D eigenvalue weighted by Crippen LogP contribution is -2.23. The number of carboxylic acids is 1. The van der Waals surface area contributed by atoms with Crippen molar-refractivity contribution < 1.29 is 14.3 Å². The van der Waals surface area contributed by atoms with E-state index in [0.717, 1.165) is 11.1 Å². The Morgan fingerprint density at radius 3 is 2.08 bits per heavy atom. The largest absolute Gasteiger partial charge is 0.480 e. The minimum Gasteiger partial charge on any atom is -0.480 e. The van der Waals surface area contributed by atoms with E-state index in [1.807, 2.05) is 60.7 Å². The van der Waals surface area contributed by atoms with Crippen LogP contribution in [-0.4, -0.2) is 27.8 Å². The molecule has 0 saturated heterocycles. The van der Waals surface area contributed by atoms with Crippen molar-refractivity contribution in [1.82, 2.24) is 4.98 Å². The molecule has 3 aromatic rings. The van der Waals surface area contributed by atoms with Gasteiger partial charge in [0.15, 0.2) is 16.6 Å². The molecule has 25 heavy (non-hydrogen) atoms. The van der Waals surface area contributed by atoms with Gasteiger partial charge in [-0.25, -0.2) is 9.78 Å². The van der Waals surface area contributed by atoms with Crippen LogP contribution in [0.25, 0.3) is 0 Å². The van der Waals surface area contributed by atoms with E-state index in [1.165, 1.54) is 6.20 Å². The van der Waals surface area contributed by atoms with Crippen LogP contribution in [0, 0.1) is 0 Å². The Morgan fingerprint density at radius 1 is 1.08 bits per heavy atom. The van der Waals surface area contributed by atoms with Crippen molar-refractivity contribution in [2.45, 2.75) is 12.5 Å². The minimum absolute atomic E-state index is 0.0735. The summed E-state index contributed by atoms with van der Waals surface area (Å²) in [5.41, 5.74) is 2.33. The highest BCUT2D eigenvalue weighted by Crippen LogP contribution is 2.16. The standard InChI is InChI=1S/C19H15BrN2O3/c20-16-12-21-17(25-16)11-15(19(23)24)22-18(13-7-3-1-4-8-13)14-9-5-2-6-10-14/h1-10,12,15H,11H2,(H,23,24). The van der Waals surface area contributed by atoms with E-state index in [0.29, 0.717) is 16.3 Å². The van der Waals surface area contributed by atoms with Gasteiger partial charge >= 0.3 is 5.97 Å². The van der Waals surface area contributed by atoms with Gasteiger partial charge < -0.3 is 9.52 Å². The number of aromatic nitrogens is 1. The zero-order valence-electron chi connectivity index (χ0n) is 13.2.